The molecule has 2 nitrogen and oxygen atoms in total. The van der Waals surface area contributed by atoms with Crippen LogP contribution in [0.1, 0.15) is 25.7 Å². The Balaban J connectivity index is 1.85. The maximum Gasteiger partial charge on any atom is 0.165 e. The lowest BCUT2D eigenvalue weighted by Crippen LogP contribution is -2.11. The number of carbonyl (C=O) groups excluding carboxylic acids is 1. The molecule has 0 aliphatic heterocycles. The van der Waals surface area contributed by atoms with E-state index in [4.69, 9.17) is 4.74 Å². The molecule has 0 spiro atoms. The molecule has 1 saturated carbocycles. The summed E-state index contributed by atoms with van der Waals surface area (Å²) in [5.41, 5.74) is 0. The molecule has 1 aliphatic rings. The Morgan fingerprint density at radius 1 is 1.47 bits per heavy atom. The van der Waals surface area contributed by atoms with Crippen molar-refractivity contribution < 1.29 is 13.9 Å². The van der Waals surface area contributed by atoms with Gasteiger partial charge in [-0.3, -0.25) is 4.79 Å². The maximum atomic E-state index is 13.3. The average molecular weight is 301 g/mol. The molecule has 0 bridgehead atoms. The zero-order valence-corrected chi connectivity index (χ0v) is 11.0. The van der Waals surface area contributed by atoms with Gasteiger partial charge in [-0.25, -0.2) is 4.39 Å². The van der Waals surface area contributed by atoms with Gasteiger partial charge in [0.1, 0.15) is 5.78 Å². The molecule has 92 valence electrons. The smallest absolute Gasteiger partial charge is 0.165 e. The summed E-state index contributed by atoms with van der Waals surface area (Å²) in [6.07, 6.45) is 3.30. The molecule has 2 rings (SSSR count). The Bertz CT molecular complexity index is 420. The van der Waals surface area contributed by atoms with Crippen LogP contribution in [0.25, 0.3) is 0 Å². The van der Waals surface area contributed by atoms with Gasteiger partial charge in [-0.2, -0.15) is 0 Å². The first-order valence-corrected chi connectivity index (χ1v) is 6.56. The van der Waals surface area contributed by atoms with Crippen LogP contribution in [-0.4, -0.2) is 12.4 Å². The van der Waals surface area contributed by atoms with E-state index in [2.05, 4.69) is 15.9 Å². The third-order valence-corrected chi connectivity index (χ3v) is 3.54. The summed E-state index contributed by atoms with van der Waals surface area (Å²) in [6.45, 7) is 0.393. The predicted molar refractivity (Wildman–Crippen MR) is 66.6 cm³/mol. The molecule has 0 radical (unpaired) electrons. The molecule has 0 aromatic heterocycles. The molecule has 17 heavy (non-hydrogen) atoms. The van der Waals surface area contributed by atoms with Crippen LogP contribution in [0.3, 0.4) is 0 Å². The van der Waals surface area contributed by atoms with Gasteiger partial charge in [-0.05, 0) is 37.5 Å². The van der Waals surface area contributed by atoms with E-state index in [0.29, 0.717) is 25.2 Å². The quantitative estimate of drug-likeness (QED) is 0.847. The minimum atomic E-state index is -0.369. The fourth-order valence-electron chi connectivity index (χ4n) is 2.09. The number of ketones is 1. The zero-order valence-electron chi connectivity index (χ0n) is 9.42. The molecule has 0 N–H and O–H groups in total. The first-order chi connectivity index (χ1) is 8.16. The van der Waals surface area contributed by atoms with Gasteiger partial charge in [0.25, 0.3) is 0 Å². The summed E-state index contributed by atoms with van der Waals surface area (Å²) < 4.78 is 19.5. The van der Waals surface area contributed by atoms with Crippen LogP contribution in [-0.2, 0) is 4.79 Å². The summed E-state index contributed by atoms with van der Waals surface area (Å²) >= 11 is 3.26. The van der Waals surface area contributed by atoms with E-state index in [0.717, 1.165) is 17.3 Å². The van der Waals surface area contributed by atoms with Crippen LogP contribution in [0.5, 0.6) is 5.75 Å². The topological polar surface area (TPSA) is 26.3 Å². The van der Waals surface area contributed by atoms with Crippen LogP contribution in [0, 0.1) is 11.7 Å². The van der Waals surface area contributed by atoms with Crippen LogP contribution in [0.2, 0.25) is 0 Å². The molecule has 0 saturated heterocycles. The molecule has 4 heteroatoms. The van der Waals surface area contributed by atoms with Crippen molar-refractivity contribution in [3.63, 3.8) is 0 Å². The van der Waals surface area contributed by atoms with E-state index < -0.39 is 0 Å². The molecular formula is C13H14BrFO2. The standard InChI is InChI=1S/C13H14BrFO2/c14-10-4-5-11(15)13(8-10)17-7-6-9-2-1-3-12(9)16/h4-5,8-9H,1-3,6-7H2. The van der Waals surface area contributed by atoms with Gasteiger partial charge in [0.05, 0.1) is 6.61 Å². The second-order valence-electron chi connectivity index (χ2n) is 4.27. The Labute approximate surface area is 108 Å². The van der Waals surface area contributed by atoms with Crippen molar-refractivity contribution in [3.8, 4) is 5.75 Å². The Hall–Kier alpha value is -0.900. The predicted octanol–water partition coefficient (Wildman–Crippen LogP) is 3.73. The van der Waals surface area contributed by atoms with Crippen molar-refractivity contribution in [1.82, 2.24) is 0 Å². The lowest BCUT2D eigenvalue weighted by Gasteiger charge is -2.10. The molecule has 0 amide bonds. The highest BCUT2D eigenvalue weighted by Crippen LogP contribution is 2.26. The molecule has 0 heterocycles. The van der Waals surface area contributed by atoms with E-state index in [1.807, 2.05) is 0 Å². The fourth-order valence-corrected chi connectivity index (χ4v) is 2.43. The Kier molecular flexibility index (Phi) is 4.15. The normalized spacial score (nSPS) is 19.6. The molecule has 1 aromatic rings. The monoisotopic (exact) mass is 300 g/mol. The first-order valence-electron chi connectivity index (χ1n) is 5.77. The van der Waals surface area contributed by atoms with E-state index in [-0.39, 0.29) is 17.5 Å². The largest absolute Gasteiger partial charge is 0.490 e. The molecule has 1 aliphatic carbocycles. The minimum Gasteiger partial charge on any atom is -0.490 e. The summed E-state index contributed by atoms with van der Waals surface area (Å²) in [4.78, 5) is 11.4. The van der Waals surface area contributed by atoms with Crippen LogP contribution >= 0.6 is 15.9 Å². The second-order valence-corrected chi connectivity index (χ2v) is 5.18. The van der Waals surface area contributed by atoms with Gasteiger partial charge in [0.15, 0.2) is 11.6 Å². The summed E-state index contributed by atoms with van der Waals surface area (Å²) in [6, 6.07) is 4.59. The number of benzene rings is 1. The number of ether oxygens (including phenoxy) is 1. The fraction of sp³-hybridized carbons (Fsp3) is 0.462. The van der Waals surface area contributed by atoms with Crippen LogP contribution in [0.4, 0.5) is 4.39 Å². The van der Waals surface area contributed by atoms with E-state index in [1.165, 1.54) is 6.07 Å². The number of rotatable bonds is 4. The van der Waals surface area contributed by atoms with Gasteiger partial charge < -0.3 is 4.74 Å². The van der Waals surface area contributed by atoms with Crippen molar-refractivity contribution in [2.24, 2.45) is 5.92 Å². The van der Waals surface area contributed by atoms with Crippen LogP contribution < -0.4 is 4.74 Å². The highest BCUT2D eigenvalue weighted by atomic mass is 79.9. The number of hydrogen-bond donors (Lipinski definition) is 0. The van der Waals surface area contributed by atoms with Crippen molar-refractivity contribution in [2.45, 2.75) is 25.7 Å². The molecule has 1 aromatic carbocycles. The molecule has 1 unspecified atom stereocenters. The average Bonchev–Trinajstić information content (AvgIpc) is 2.70. The second kappa shape index (κ2) is 5.63. The molecular weight excluding hydrogens is 287 g/mol. The SMILES string of the molecule is O=C1CCCC1CCOc1cc(Br)ccc1F. The Morgan fingerprint density at radius 2 is 2.29 bits per heavy atom. The Morgan fingerprint density at radius 3 is 3.00 bits per heavy atom. The van der Waals surface area contributed by atoms with Gasteiger partial charge in [0, 0.05) is 16.8 Å². The third kappa shape index (κ3) is 3.28. The number of carbonyl (C=O) groups is 1. The lowest BCUT2D eigenvalue weighted by molar-refractivity contribution is -0.121. The molecule has 1 fully saturated rings. The van der Waals surface area contributed by atoms with Crippen molar-refractivity contribution in [1.29, 1.82) is 0 Å². The van der Waals surface area contributed by atoms with Crippen molar-refractivity contribution in [2.75, 3.05) is 6.61 Å². The summed E-state index contributed by atoms with van der Waals surface area (Å²) in [7, 11) is 0. The summed E-state index contributed by atoms with van der Waals surface area (Å²) in [5, 5.41) is 0. The minimum absolute atomic E-state index is 0.116. The van der Waals surface area contributed by atoms with Gasteiger partial charge in [-0.15, -0.1) is 0 Å². The van der Waals surface area contributed by atoms with Crippen molar-refractivity contribution in [3.05, 3.63) is 28.5 Å². The number of hydrogen-bond acceptors (Lipinski definition) is 2. The third-order valence-electron chi connectivity index (χ3n) is 3.05. The highest BCUT2D eigenvalue weighted by Gasteiger charge is 2.23. The number of Topliss-reactive ketones (excluding diaryl/α,β-unsaturated/α-hetero) is 1. The molecule has 1 atom stereocenters. The van der Waals surface area contributed by atoms with Gasteiger partial charge >= 0.3 is 0 Å². The van der Waals surface area contributed by atoms with E-state index >= 15 is 0 Å². The first kappa shape index (κ1) is 12.6. The zero-order chi connectivity index (χ0) is 12.3. The van der Waals surface area contributed by atoms with Crippen LogP contribution in [0.15, 0.2) is 22.7 Å². The van der Waals surface area contributed by atoms with E-state index in [1.54, 1.807) is 12.1 Å². The van der Waals surface area contributed by atoms with Gasteiger partial charge in [-0.1, -0.05) is 15.9 Å². The lowest BCUT2D eigenvalue weighted by atomic mass is 10.0. The summed E-state index contributed by atoms with van der Waals surface area (Å²) in [5.74, 6) is 0.310. The maximum absolute atomic E-state index is 13.3. The highest BCUT2D eigenvalue weighted by molar-refractivity contribution is 9.10. The van der Waals surface area contributed by atoms with Crippen molar-refractivity contribution >= 4 is 21.7 Å². The van der Waals surface area contributed by atoms with E-state index in [9.17, 15) is 9.18 Å². The van der Waals surface area contributed by atoms with Gasteiger partial charge in [0.2, 0.25) is 0 Å². The number of halogens is 2.